The quantitative estimate of drug-likeness (QED) is 0.540. The maximum atomic E-state index is 13.4. The summed E-state index contributed by atoms with van der Waals surface area (Å²) in [6.45, 7) is 3.00. The Bertz CT molecular complexity index is 300. The molecule has 0 rings (SSSR count). The van der Waals surface area contributed by atoms with Crippen LogP contribution >= 0.6 is 0 Å². The molecule has 128 valence electrons. The molecule has 0 spiro atoms. The molecule has 0 N–H and O–H groups in total. The molecule has 0 aliphatic rings. The predicted molar refractivity (Wildman–Crippen MR) is 64.7 cm³/mol. The summed E-state index contributed by atoms with van der Waals surface area (Å²) in [6.07, 6.45) is -13.3. The second-order valence-electron chi connectivity index (χ2n) is 5.22. The van der Waals surface area contributed by atoms with Gasteiger partial charge in [-0.2, -0.15) is 26.3 Å². The van der Waals surface area contributed by atoms with Crippen LogP contribution in [-0.2, 0) is 4.74 Å². The molecule has 1 nitrogen and oxygen atoms in total. The smallest absolute Gasteiger partial charge is 0.374 e. The fourth-order valence-electron chi connectivity index (χ4n) is 2.00. The summed E-state index contributed by atoms with van der Waals surface area (Å²) in [5, 5.41) is 0. The van der Waals surface area contributed by atoms with Crippen LogP contribution in [0, 0.1) is 5.92 Å². The Morgan fingerprint density at radius 3 is 1.86 bits per heavy atom. The second-order valence-corrected chi connectivity index (χ2v) is 5.22. The van der Waals surface area contributed by atoms with Gasteiger partial charge in [0.15, 0.2) is 0 Å². The average molecular weight is 326 g/mol. The molecule has 0 saturated carbocycles. The van der Waals surface area contributed by atoms with Gasteiger partial charge >= 0.3 is 12.4 Å². The number of ether oxygens (including phenoxy) is 1. The van der Waals surface area contributed by atoms with Gasteiger partial charge in [0.2, 0.25) is 0 Å². The molecular formula is C13H21F7O. The van der Waals surface area contributed by atoms with Crippen LogP contribution in [0.5, 0.6) is 0 Å². The summed E-state index contributed by atoms with van der Waals surface area (Å²) < 4.78 is 93.7. The van der Waals surface area contributed by atoms with Crippen molar-refractivity contribution in [3.8, 4) is 0 Å². The highest BCUT2D eigenvalue weighted by Crippen LogP contribution is 2.42. The molecule has 0 aromatic carbocycles. The van der Waals surface area contributed by atoms with Gasteiger partial charge in [-0.05, 0) is 26.2 Å². The molecule has 3 unspecified atom stereocenters. The lowest BCUT2D eigenvalue weighted by atomic mass is 9.82. The molecule has 0 saturated heterocycles. The molecule has 0 aromatic heterocycles. The minimum atomic E-state index is -4.73. The summed E-state index contributed by atoms with van der Waals surface area (Å²) in [7, 11) is 0. The van der Waals surface area contributed by atoms with Gasteiger partial charge in [-0.25, -0.2) is 4.39 Å². The molecular weight excluding hydrogens is 305 g/mol. The van der Waals surface area contributed by atoms with E-state index in [1.807, 2.05) is 0 Å². The van der Waals surface area contributed by atoms with E-state index in [0.717, 1.165) is 6.92 Å². The number of rotatable bonds is 8. The van der Waals surface area contributed by atoms with Crippen LogP contribution in [-0.4, -0.2) is 30.7 Å². The first-order chi connectivity index (χ1) is 9.35. The highest BCUT2D eigenvalue weighted by Gasteiger charge is 2.52. The van der Waals surface area contributed by atoms with Crippen LogP contribution in [0.2, 0.25) is 0 Å². The lowest BCUT2D eigenvalue weighted by Gasteiger charge is -2.38. The average Bonchev–Trinajstić information content (AvgIpc) is 2.32. The van der Waals surface area contributed by atoms with Gasteiger partial charge in [0.05, 0.1) is 24.5 Å². The summed E-state index contributed by atoms with van der Waals surface area (Å²) in [4.78, 5) is 0. The zero-order chi connectivity index (χ0) is 16.9. The first-order valence-electron chi connectivity index (χ1n) is 6.77. The Labute approximate surface area is 119 Å². The van der Waals surface area contributed by atoms with Crippen LogP contribution in [0.3, 0.4) is 0 Å². The highest BCUT2D eigenvalue weighted by molar-refractivity contribution is 4.89. The third-order valence-electron chi connectivity index (χ3n) is 3.59. The zero-order valence-electron chi connectivity index (χ0n) is 12.2. The topological polar surface area (TPSA) is 9.23 Å². The largest absolute Gasteiger partial charge is 0.394 e. The standard InChI is InChI=1S/C13H21F7O/c1-4-9(14)8-10(13(18,19)20)11(3,5-2)21-7-6-12(15,16)17/h9-10H,4-8H2,1-3H3. The van der Waals surface area contributed by atoms with E-state index in [1.54, 1.807) is 0 Å². The van der Waals surface area contributed by atoms with Crippen LogP contribution in [0.15, 0.2) is 0 Å². The van der Waals surface area contributed by atoms with Gasteiger partial charge in [0.25, 0.3) is 0 Å². The first kappa shape index (κ1) is 20.5. The van der Waals surface area contributed by atoms with Crippen molar-refractivity contribution in [2.75, 3.05) is 6.61 Å². The SMILES string of the molecule is CCC(F)CC(C(F)(F)F)C(C)(CC)OCCC(F)(F)F. The van der Waals surface area contributed by atoms with E-state index in [-0.39, 0.29) is 12.8 Å². The second kappa shape index (κ2) is 7.65. The molecule has 8 heteroatoms. The summed E-state index contributed by atoms with van der Waals surface area (Å²) in [6, 6.07) is 0. The highest BCUT2D eigenvalue weighted by atomic mass is 19.4. The number of alkyl halides is 7. The minimum Gasteiger partial charge on any atom is -0.374 e. The maximum Gasteiger partial charge on any atom is 0.394 e. The molecule has 0 radical (unpaired) electrons. The molecule has 0 bridgehead atoms. The van der Waals surface area contributed by atoms with Crippen LogP contribution in [0.4, 0.5) is 30.7 Å². The zero-order valence-corrected chi connectivity index (χ0v) is 12.2. The van der Waals surface area contributed by atoms with Crippen molar-refractivity contribution in [3.05, 3.63) is 0 Å². The summed E-state index contributed by atoms with van der Waals surface area (Å²) >= 11 is 0. The van der Waals surface area contributed by atoms with E-state index >= 15 is 0 Å². The molecule has 0 heterocycles. The van der Waals surface area contributed by atoms with E-state index in [0.29, 0.717) is 0 Å². The van der Waals surface area contributed by atoms with Crippen molar-refractivity contribution < 1.29 is 35.5 Å². The lowest BCUT2D eigenvalue weighted by molar-refractivity contribution is -0.246. The van der Waals surface area contributed by atoms with E-state index in [1.165, 1.54) is 13.8 Å². The van der Waals surface area contributed by atoms with Gasteiger partial charge in [-0.1, -0.05) is 13.8 Å². The molecule has 0 aliphatic carbocycles. The Hall–Kier alpha value is -0.530. The third kappa shape index (κ3) is 7.33. The number of hydrogen-bond acceptors (Lipinski definition) is 1. The van der Waals surface area contributed by atoms with E-state index in [2.05, 4.69) is 0 Å². The molecule has 0 fully saturated rings. The predicted octanol–water partition coefficient (Wildman–Crippen LogP) is 5.44. The van der Waals surface area contributed by atoms with Gasteiger partial charge in [0, 0.05) is 0 Å². The van der Waals surface area contributed by atoms with E-state index in [4.69, 9.17) is 4.74 Å². The Kier molecular flexibility index (Phi) is 7.45. The van der Waals surface area contributed by atoms with Crippen molar-refractivity contribution in [2.24, 2.45) is 5.92 Å². The van der Waals surface area contributed by atoms with Gasteiger partial charge in [0.1, 0.15) is 6.17 Å². The monoisotopic (exact) mass is 326 g/mol. The van der Waals surface area contributed by atoms with Gasteiger partial charge in [-0.3, -0.25) is 0 Å². The molecule has 0 aliphatic heterocycles. The Morgan fingerprint density at radius 1 is 1.00 bits per heavy atom. The third-order valence-corrected chi connectivity index (χ3v) is 3.59. The fourth-order valence-corrected chi connectivity index (χ4v) is 2.00. The van der Waals surface area contributed by atoms with E-state index in [9.17, 15) is 30.7 Å². The van der Waals surface area contributed by atoms with Crippen molar-refractivity contribution in [2.45, 2.75) is 70.6 Å². The van der Waals surface area contributed by atoms with E-state index < -0.39 is 49.5 Å². The Balaban J connectivity index is 5.00. The summed E-state index contributed by atoms with van der Waals surface area (Å²) in [5.74, 6) is -2.14. The molecule has 21 heavy (non-hydrogen) atoms. The van der Waals surface area contributed by atoms with Crippen LogP contribution in [0.25, 0.3) is 0 Å². The van der Waals surface area contributed by atoms with Crippen molar-refractivity contribution in [1.29, 1.82) is 0 Å². The van der Waals surface area contributed by atoms with Gasteiger partial charge < -0.3 is 4.74 Å². The number of halogens is 7. The van der Waals surface area contributed by atoms with Crippen molar-refractivity contribution >= 4 is 0 Å². The van der Waals surface area contributed by atoms with Crippen LogP contribution in [0.1, 0.15) is 46.5 Å². The number of hydrogen-bond donors (Lipinski definition) is 0. The Morgan fingerprint density at radius 2 is 1.52 bits per heavy atom. The first-order valence-corrected chi connectivity index (χ1v) is 6.77. The summed E-state index contributed by atoms with van der Waals surface area (Å²) in [5.41, 5.74) is -1.87. The molecule has 3 atom stereocenters. The maximum absolute atomic E-state index is 13.4. The van der Waals surface area contributed by atoms with Gasteiger partial charge in [-0.15, -0.1) is 0 Å². The van der Waals surface area contributed by atoms with Crippen LogP contribution < -0.4 is 0 Å². The lowest BCUT2D eigenvalue weighted by Crippen LogP contribution is -2.47. The van der Waals surface area contributed by atoms with Crippen molar-refractivity contribution in [3.63, 3.8) is 0 Å². The molecule has 0 aromatic rings. The fraction of sp³-hybridized carbons (Fsp3) is 1.00. The minimum absolute atomic E-state index is 0.0884. The molecule has 0 amide bonds. The normalized spacial score (nSPS) is 19.1. The van der Waals surface area contributed by atoms with Crippen molar-refractivity contribution in [1.82, 2.24) is 0 Å².